The third-order valence-corrected chi connectivity index (χ3v) is 4.25. The van der Waals surface area contributed by atoms with Crippen molar-refractivity contribution in [1.29, 1.82) is 0 Å². The van der Waals surface area contributed by atoms with Crippen LogP contribution in [-0.4, -0.2) is 22.2 Å². The molecule has 7 heteroatoms. The molecule has 0 saturated carbocycles. The minimum Gasteiger partial charge on any atom is -0.457 e. The Balaban J connectivity index is 0.00000210. The number of amides is 1. The van der Waals surface area contributed by atoms with Crippen LogP contribution < -0.4 is 15.4 Å². The van der Waals surface area contributed by atoms with E-state index in [1.54, 1.807) is 12.1 Å². The normalized spacial score (nSPS) is 12.6. The van der Waals surface area contributed by atoms with Gasteiger partial charge in [0.1, 0.15) is 11.5 Å². The zero-order chi connectivity index (χ0) is 17.8. The number of ether oxygens (including phenoxy) is 1. The molecule has 0 bridgehead atoms. The van der Waals surface area contributed by atoms with Crippen LogP contribution in [0.25, 0.3) is 0 Å². The van der Waals surface area contributed by atoms with Gasteiger partial charge in [0.2, 0.25) is 0 Å². The summed E-state index contributed by atoms with van der Waals surface area (Å²) in [6.07, 6.45) is 0. The lowest BCUT2D eigenvalue weighted by molar-refractivity contribution is 0.0948. The molecule has 27 heavy (non-hydrogen) atoms. The van der Waals surface area contributed by atoms with E-state index in [9.17, 15) is 4.79 Å². The number of fused-ring (bicyclic) bond motifs is 1. The van der Waals surface area contributed by atoms with Crippen LogP contribution >= 0.6 is 12.4 Å². The topological polar surface area (TPSA) is 68.2 Å². The molecule has 2 aromatic carbocycles. The Bertz CT molecular complexity index is 888. The number of hydrogen-bond acceptors (Lipinski definition) is 4. The van der Waals surface area contributed by atoms with Gasteiger partial charge in [0.15, 0.2) is 0 Å². The number of nitrogens with zero attached hydrogens (tertiary/aromatic N) is 2. The van der Waals surface area contributed by atoms with Crippen molar-refractivity contribution in [3.63, 3.8) is 0 Å². The molecule has 0 saturated heterocycles. The number of benzene rings is 2. The second-order valence-corrected chi connectivity index (χ2v) is 6.12. The number of hydrogen-bond donors (Lipinski definition) is 2. The Morgan fingerprint density at radius 2 is 1.93 bits per heavy atom. The largest absolute Gasteiger partial charge is 0.457 e. The van der Waals surface area contributed by atoms with Crippen molar-refractivity contribution in [1.82, 2.24) is 20.4 Å². The summed E-state index contributed by atoms with van der Waals surface area (Å²) < 4.78 is 7.85. The fourth-order valence-corrected chi connectivity index (χ4v) is 2.96. The highest BCUT2D eigenvalue weighted by Gasteiger charge is 2.15. The van der Waals surface area contributed by atoms with Gasteiger partial charge in [-0.3, -0.25) is 9.48 Å². The Morgan fingerprint density at radius 1 is 1.15 bits per heavy atom. The SMILES string of the molecule is Cl.O=C(NCc1cc2n(n1)CCNC2)c1ccccc1Oc1ccccc1. The molecule has 2 heterocycles. The van der Waals surface area contributed by atoms with E-state index in [-0.39, 0.29) is 18.3 Å². The van der Waals surface area contributed by atoms with E-state index >= 15 is 0 Å². The van der Waals surface area contributed by atoms with E-state index in [0.29, 0.717) is 23.6 Å². The fraction of sp³-hybridized carbons (Fsp3) is 0.200. The molecule has 140 valence electrons. The van der Waals surface area contributed by atoms with Crippen LogP contribution in [-0.2, 0) is 19.6 Å². The van der Waals surface area contributed by atoms with E-state index < -0.39 is 0 Å². The van der Waals surface area contributed by atoms with E-state index in [4.69, 9.17) is 4.74 Å². The van der Waals surface area contributed by atoms with Gasteiger partial charge in [0, 0.05) is 13.1 Å². The van der Waals surface area contributed by atoms with E-state index in [1.165, 1.54) is 0 Å². The third-order valence-electron chi connectivity index (χ3n) is 4.25. The lowest BCUT2D eigenvalue weighted by Crippen LogP contribution is -2.28. The van der Waals surface area contributed by atoms with Gasteiger partial charge in [-0.05, 0) is 30.3 Å². The van der Waals surface area contributed by atoms with Gasteiger partial charge < -0.3 is 15.4 Å². The lowest BCUT2D eigenvalue weighted by Gasteiger charge is -2.13. The van der Waals surface area contributed by atoms with Crippen LogP contribution in [0.4, 0.5) is 0 Å². The monoisotopic (exact) mass is 384 g/mol. The first-order valence-electron chi connectivity index (χ1n) is 8.66. The highest BCUT2D eigenvalue weighted by atomic mass is 35.5. The van der Waals surface area contributed by atoms with Crippen LogP contribution in [0.15, 0.2) is 60.7 Å². The average Bonchev–Trinajstić information content (AvgIpc) is 3.10. The summed E-state index contributed by atoms with van der Waals surface area (Å²) in [4.78, 5) is 12.6. The highest BCUT2D eigenvalue weighted by molar-refractivity contribution is 5.96. The fourth-order valence-electron chi connectivity index (χ4n) is 2.96. The number of rotatable bonds is 5. The molecule has 0 spiro atoms. The van der Waals surface area contributed by atoms with Crippen molar-refractivity contribution in [2.75, 3.05) is 6.54 Å². The maximum atomic E-state index is 12.6. The number of aromatic nitrogens is 2. The van der Waals surface area contributed by atoms with Gasteiger partial charge in [0.05, 0.1) is 30.0 Å². The van der Waals surface area contributed by atoms with Crippen molar-refractivity contribution in [2.45, 2.75) is 19.6 Å². The number of carbonyl (C=O) groups is 1. The molecule has 0 unspecified atom stereocenters. The quantitative estimate of drug-likeness (QED) is 0.709. The molecule has 0 fully saturated rings. The van der Waals surface area contributed by atoms with Crippen LogP contribution in [0.2, 0.25) is 0 Å². The molecule has 1 amide bonds. The average molecular weight is 385 g/mol. The number of para-hydroxylation sites is 2. The van der Waals surface area contributed by atoms with E-state index in [2.05, 4.69) is 15.7 Å². The smallest absolute Gasteiger partial charge is 0.255 e. The Hall–Kier alpha value is -2.83. The van der Waals surface area contributed by atoms with Gasteiger partial charge in [-0.2, -0.15) is 5.10 Å². The molecule has 1 aliphatic rings. The molecule has 0 radical (unpaired) electrons. The predicted octanol–water partition coefficient (Wildman–Crippen LogP) is 3.13. The molecule has 3 aromatic rings. The lowest BCUT2D eigenvalue weighted by atomic mass is 10.2. The Kier molecular flexibility index (Phi) is 6.11. The van der Waals surface area contributed by atoms with Gasteiger partial charge in [-0.15, -0.1) is 12.4 Å². The minimum absolute atomic E-state index is 0. The molecule has 0 atom stereocenters. The first-order chi connectivity index (χ1) is 12.8. The third kappa shape index (κ3) is 4.48. The van der Waals surface area contributed by atoms with Crippen LogP contribution in [0.1, 0.15) is 21.7 Å². The zero-order valence-electron chi connectivity index (χ0n) is 14.7. The summed E-state index contributed by atoms with van der Waals surface area (Å²) in [5.41, 5.74) is 2.51. The molecular formula is C20H21ClN4O2. The summed E-state index contributed by atoms with van der Waals surface area (Å²) in [6, 6.07) is 18.7. The Labute approximate surface area is 163 Å². The summed E-state index contributed by atoms with van der Waals surface area (Å²) in [5.74, 6) is 1.05. The molecule has 1 aromatic heterocycles. The number of carbonyl (C=O) groups excluding carboxylic acids is 1. The van der Waals surface area contributed by atoms with Crippen molar-refractivity contribution < 1.29 is 9.53 Å². The van der Waals surface area contributed by atoms with Crippen LogP contribution in [0, 0.1) is 0 Å². The first kappa shape index (κ1) is 18.9. The predicted molar refractivity (Wildman–Crippen MR) is 105 cm³/mol. The van der Waals surface area contributed by atoms with Crippen LogP contribution in [0.3, 0.4) is 0 Å². The standard InChI is InChI=1S/C20H20N4O2.ClH/c25-20(22-13-15-12-16-14-21-10-11-24(16)23-15)18-8-4-5-9-19(18)26-17-6-2-1-3-7-17;/h1-9,12,21H,10-11,13-14H2,(H,22,25);1H. The Morgan fingerprint density at radius 3 is 2.74 bits per heavy atom. The molecule has 4 rings (SSSR count). The second-order valence-electron chi connectivity index (χ2n) is 6.12. The van der Waals surface area contributed by atoms with E-state index in [1.807, 2.05) is 53.2 Å². The number of nitrogens with one attached hydrogen (secondary N) is 2. The first-order valence-corrected chi connectivity index (χ1v) is 8.66. The summed E-state index contributed by atoms with van der Waals surface area (Å²) in [6.45, 7) is 2.98. The molecule has 2 N–H and O–H groups in total. The summed E-state index contributed by atoms with van der Waals surface area (Å²) >= 11 is 0. The van der Waals surface area contributed by atoms with Gasteiger partial charge in [-0.25, -0.2) is 0 Å². The molecule has 6 nitrogen and oxygen atoms in total. The maximum Gasteiger partial charge on any atom is 0.255 e. The minimum atomic E-state index is -0.180. The molecule has 1 aliphatic heterocycles. The molecular weight excluding hydrogens is 364 g/mol. The van der Waals surface area contributed by atoms with E-state index in [0.717, 1.165) is 31.0 Å². The van der Waals surface area contributed by atoms with Crippen molar-refractivity contribution in [2.24, 2.45) is 0 Å². The van der Waals surface area contributed by atoms with Crippen molar-refractivity contribution in [3.8, 4) is 11.5 Å². The summed E-state index contributed by atoms with van der Waals surface area (Å²) in [5, 5.41) is 10.8. The summed E-state index contributed by atoms with van der Waals surface area (Å²) in [7, 11) is 0. The zero-order valence-corrected chi connectivity index (χ0v) is 15.5. The second kappa shape index (κ2) is 8.70. The maximum absolute atomic E-state index is 12.6. The van der Waals surface area contributed by atoms with Gasteiger partial charge in [-0.1, -0.05) is 30.3 Å². The van der Waals surface area contributed by atoms with Crippen molar-refractivity contribution in [3.05, 3.63) is 77.6 Å². The van der Waals surface area contributed by atoms with Crippen molar-refractivity contribution >= 4 is 18.3 Å². The van der Waals surface area contributed by atoms with Gasteiger partial charge in [0.25, 0.3) is 5.91 Å². The van der Waals surface area contributed by atoms with Gasteiger partial charge >= 0.3 is 0 Å². The number of halogens is 1. The molecule has 0 aliphatic carbocycles. The van der Waals surface area contributed by atoms with Crippen LogP contribution in [0.5, 0.6) is 11.5 Å². The highest BCUT2D eigenvalue weighted by Crippen LogP contribution is 2.25.